The lowest BCUT2D eigenvalue weighted by Crippen LogP contribution is -2.08. The van der Waals surface area contributed by atoms with Gasteiger partial charge in [0.25, 0.3) is 0 Å². The van der Waals surface area contributed by atoms with Gasteiger partial charge < -0.3 is 5.73 Å². The van der Waals surface area contributed by atoms with Gasteiger partial charge >= 0.3 is 0 Å². The number of halogens is 1. The van der Waals surface area contributed by atoms with Gasteiger partial charge in [-0.3, -0.25) is 4.98 Å². The highest BCUT2D eigenvalue weighted by Gasteiger charge is 2.03. The lowest BCUT2D eigenvalue weighted by molar-refractivity contribution is 0.766. The first kappa shape index (κ1) is 8.43. The van der Waals surface area contributed by atoms with E-state index in [9.17, 15) is 0 Å². The molecule has 0 aromatic carbocycles. The minimum absolute atomic E-state index is 0.0848. The number of nitrogens with zero attached hydrogens (tertiary/aromatic N) is 2. The van der Waals surface area contributed by atoms with Crippen molar-refractivity contribution in [3.63, 3.8) is 0 Å². The first-order chi connectivity index (χ1) is 5.11. The van der Waals surface area contributed by atoms with Crippen molar-refractivity contribution in [3.8, 4) is 0 Å². The molecule has 0 spiro atoms. The Morgan fingerprint density at radius 3 is 2.73 bits per heavy atom. The van der Waals surface area contributed by atoms with Crippen LogP contribution in [0, 0.1) is 6.92 Å². The van der Waals surface area contributed by atoms with Crippen molar-refractivity contribution < 1.29 is 0 Å². The summed E-state index contributed by atoms with van der Waals surface area (Å²) in [6, 6.07) is -0.0848. The van der Waals surface area contributed by atoms with Crippen molar-refractivity contribution in [2.45, 2.75) is 19.9 Å². The topological polar surface area (TPSA) is 51.8 Å². The summed E-state index contributed by atoms with van der Waals surface area (Å²) in [6.45, 7) is 3.67. The van der Waals surface area contributed by atoms with E-state index < -0.39 is 0 Å². The standard InChI is InChI=1S/C7H10ClN3/c1-4(9)6-3-10-7(8)5(2)11-6/h3-4H,9H2,1-2H3. The van der Waals surface area contributed by atoms with E-state index in [0.29, 0.717) is 5.15 Å². The third kappa shape index (κ3) is 1.88. The molecule has 0 fully saturated rings. The molecule has 1 aromatic rings. The molecule has 4 heteroatoms. The van der Waals surface area contributed by atoms with Crippen LogP contribution in [0.4, 0.5) is 0 Å². The van der Waals surface area contributed by atoms with Gasteiger partial charge in [-0.2, -0.15) is 0 Å². The highest BCUT2D eigenvalue weighted by atomic mass is 35.5. The zero-order valence-corrected chi connectivity index (χ0v) is 7.26. The van der Waals surface area contributed by atoms with E-state index in [2.05, 4.69) is 9.97 Å². The van der Waals surface area contributed by atoms with Crippen LogP contribution < -0.4 is 5.73 Å². The fraction of sp³-hybridized carbons (Fsp3) is 0.429. The maximum absolute atomic E-state index is 5.67. The van der Waals surface area contributed by atoms with Crippen LogP contribution in [0.2, 0.25) is 5.15 Å². The third-order valence-corrected chi connectivity index (χ3v) is 1.74. The Balaban J connectivity index is 3.05. The van der Waals surface area contributed by atoms with Crippen LogP contribution in [0.15, 0.2) is 6.20 Å². The van der Waals surface area contributed by atoms with Crippen LogP contribution in [0.3, 0.4) is 0 Å². The zero-order valence-electron chi connectivity index (χ0n) is 6.50. The molecule has 60 valence electrons. The number of rotatable bonds is 1. The molecular weight excluding hydrogens is 162 g/mol. The van der Waals surface area contributed by atoms with E-state index in [0.717, 1.165) is 11.4 Å². The normalized spacial score (nSPS) is 13.1. The molecular formula is C7H10ClN3. The van der Waals surface area contributed by atoms with E-state index in [1.807, 2.05) is 6.92 Å². The van der Waals surface area contributed by atoms with Crippen molar-refractivity contribution in [3.05, 3.63) is 22.7 Å². The van der Waals surface area contributed by atoms with Crippen LogP contribution >= 0.6 is 11.6 Å². The van der Waals surface area contributed by atoms with E-state index in [-0.39, 0.29) is 6.04 Å². The second-order valence-corrected chi connectivity index (χ2v) is 2.82. The maximum Gasteiger partial charge on any atom is 0.150 e. The SMILES string of the molecule is Cc1nc(C(C)N)cnc1Cl. The lowest BCUT2D eigenvalue weighted by Gasteiger charge is -2.04. The molecule has 1 rings (SSSR count). The lowest BCUT2D eigenvalue weighted by atomic mass is 10.2. The Kier molecular flexibility index (Phi) is 2.42. The average molecular weight is 172 g/mol. The second kappa shape index (κ2) is 3.15. The zero-order chi connectivity index (χ0) is 8.43. The number of hydrogen-bond acceptors (Lipinski definition) is 3. The summed E-state index contributed by atoms with van der Waals surface area (Å²) in [4.78, 5) is 8.08. The molecule has 0 radical (unpaired) electrons. The molecule has 1 unspecified atom stereocenters. The number of hydrogen-bond donors (Lipinski definition) is 1. The fourth-order valence-electron chi connectivity index (χ4n) is 0.704. The first-order valence-electron chi connectivity index (χ1n) is 3.36. The Morgan fingerprint density at radius 2 is 2.27 bits per heavy atom. The Labute approximate surface area is 70.6 Å². The first-order valence-corrected chi connectivity index (χ1v) is 3.73. The van der Waals surface area contributed by atoms with Crippen molar-refractivity contribution in [1.29, 1.82) is 0 Å². The van der Waals surface area contributed by atoms with E-state index in [1.54, 1.807) is 13.1 Å². The number of aromatic nitrogens is 2. The summed E-state index contributed by atoms with van der Waals surface area (Å²) in [5.41, 5.74) is 7.08. The molecule has 1 atom stereocenters. The average Bonchev–Trinajstić information content (AvgIpc) is 1.94. The molecule has 0 saturated carbocycles. The van der Waals surface area contributed by atoms with E-state index in [4.69, 9.17) is 17.3 Å². The van der Waals surface area contributed by atoms with Crippen LogP contribution in [0.5, 0.6) is 0 Å². The summed E-state index contributed by atoms with van der Waals surface area (Å²) < 4.78 is 0. The smallest absolute Gasteiger partial charge is 0.150 e. The molecule has 1 heterocycles. The molecule has 0 bridgehead atoms. The fourth-order valence-corrected chi connectivity index (χ4v) is 0.795. The van der Waals surface area contributed by atoms with Gasteiger partial charge in [-0.25, -0.2) is 4.98 Å². The highest BCUT2D eigenvalue weighted by Crippen LogP contribution is 2.11. The quantitative estimate of drug-likeness (QED) is 0.696. The van der Waals surface area contributed by atoms with Crippen molar-refractivity contribution in [2.24, 2.45) is 5.73 Å². The van der Waals surface area contributed by atoms with Crippen molar-refractivity contribution in [1.82, 2.24) is 9.97 Å². The van der Waals surface area contributed by atoms with Gasteiger partial charge in [0.2, 0.25) is 0 Å². The van der Waals surface area contributed by atoms with Crippen LogP contribution in [-0.2, 0) is 0 Å². The summed E-state index contributed by atoms with van der Waals surface area (Å²) in [6.07, 6.45) is 1.60. The molecule has 0 amide bonds. The minimum atomic E-state index is -0.0848. The molecule has 0 saturated heterocycles. The van der Waals surface area contributed by atoms with Gasteiger partial charge in [0.1, 0.15) is 5.15 Å². The van der Waals surface area contributed by atoms with Gasteiger partial charge in [-0.05, 0) is 13.8 Å². The summed E-state index contributed by atoms with van der Waals surface area (Å²) >= 11 is 5.67. The molecule has 3 nitrogen and oxygen atoms in total. The summed E-state index contributed by atoms with van der Waals surface area (Å²) in [7, 11) is 0. The van der Waals surface area contributed by atoms with Crippen molar-refractivity contribution in [2.75, 3.05) is 0 Å². The number of aryl methyl sites for hydroxylation is 1. The highest BCUT2D eigenvalue weighted by molar-refractivity contribution is 6.29. The third-order valence-electron chi connectivity index (χ3n) is 1.37. The monoisotopic (exact) mass is 171 g/mol. The van der Waals surface area contributed by atoms with Crippen LogP contribution in [-0.4, -0.2) is 9.97 Å². The Bertz CT molecular complexity index is 260. The van der Waals surface area contributed by atoms with Gasteiger partial charge in [0.05, 0.1) is 17.6 Å². The molecule has 11 heavy (non-hydrogen) atoms. The molecule has 0 aliphatic rings. The minimum Gasteiger partial charge on any atom is -0.323 e. The predicted octanol–water partition coefficient (Wildman–Crippen LogP) is 1.46. The van der Waals surface area contributed by atoms with Gasteiger partial charge in [0.15, 0.2) is 0 Å². The van der Waals surface area contributed by atoms with E-state index in [1.165, 1.54) is 0 Å². The number of nitrogens with two attached hydrogens (primary N) is 1. The molecule has 0 aliphatic carbocycles. The summed E-state index contributed by atoms with van der Waals surface area (Å²) in [5, 5.41) is 0.439. The van der Waals surface area contributed by atoms with Gasteiger partial charge in [0, 0.05) is 6.04 Å². The Hall–Kier alpha value is -0.670. The molecule has 0 aliphatic heterocycles. The second-order valence-electron chi connectivity index (χ2n) is 2.46. The molecule has 1 aromatic heterocycles. The predicted molar refractivity (Wildman–Crippen MR) is 44.4 cm³/mol. The van der Waals surface area contributed by atoms with Crippen LogP contribution in [0.25, 0.3) is 0 Å². The summed E-state index contributed by atoms with van der Waals surface area (Å²) in [5.74, 6) is 0. The maximum atomic E-state index is 5.67. The van der Waals surface area contributed by atoms with Crippen molar-refractivity contribution >= 4 is 11.6 Å². The molecule has 2 N–H and O–H groups in total. The largest absolute Gasteiger partial charge is 0.323 e. The van der Waals surface area contributed by atoms with E-state index >= 15 is 0 Å². The van der Waals surface area contributed by atoms with Gasteiger partial charge in [-0.15, -0.1) is 0 Å². The van der Waals surface area contributed by atoms with Crippen LogP contribution in [0.1, 0.15) is 24.4 Å². The Morgan fingerprint density at radius 1 is 1.64 bits per heavy atom. The van der Waals surface area contributed by atoms with Gasteiger partial charge in [-0.1, -0.05) is 11.6 Å².